The van der Waals surface area contributed by atoms with E-state index in [1.165, 1.54) is 76.3 Å². The zero-order valence-electron chi connectivity index (χ0n) is 21.0. The highest BCUT2D eigenvalue weighted by atomic mass is 28.3. The van der Waals surface area contributed by atoms with Crippen molar-refractivity contribution in [2.45, 2.75) is 115 Å². The second-order valence-electron chi connectivity index (χ2n) is 10.9. The average Bonchev–Trinajstić information content (AvgIpc) is 2.82. The third-order valence-corrected chi connectivity index (χ3v) is 11.9. The number of aryl methyl sites for hydroxylation is 1. The number of unbranched alkanes of at least 4 members (excludes halogenated alkanes) is 3. The summed E-state index contributed by atoms with van der Waals surface area (Å²) in [5.41, 5.74) is 0.567. The van der Waals surface area contributed by atoms with Gasteiger partial charge in [-0.1, -0.05) is 82.8 Å². The first-order chi connectivity index (χ1) is 16.5. The fraction of sp³-hybridized carbons (Fsp3) is 0.786. The van der Waals surface area contributed by atoms with Crippen molar-refractivity contribution in [3.05, 3.63) is 29.3 Å². The minimum absolute atomic E-state index is 0.410. The lowest BCUT2D eigenvalue weighted by Crippen LogP contribution is -2.28. The molecule has 0 unspecified atom stereocenters. The zero-order valence-corrected chi connectivity index (χ0v) is 22.1. The first-order valence-electron chi connectivity index (χ1n) is 13.8. The summed E-state index contributed by atoms with van der Waals surface area (Å²) >= 11 is 0. The molecule has 2 fully saturated rings. The van der Waals surface area contributed by atoms with E-state index in [4.69, 9.17) is 0 Å². The summed E-state index contributed by atoms with van der Waals surface area (Å²) in [5.74, 6) is 0.257. The maximum Gasteiger partial charge on any atom is 0.272 e. The van der Waals surface area contributed by atoms with Gasteiger partial charge < -0.3 is 4.74 Å². The van der Waals surface area contributed by atoms with Gasteiger partial charge >= 0.3 is 0 Å². The molecule has 3 rings (SSSR count). The molecule has 0 atom stereocenters. The lowest BCUT2D eigenvalue weighted by molar-refractivity contribution is 0.0777. The van der Waals surface area contributed by atoms with Crippen LogP contribution < -0.4 is 4.74 Å². The van der Waals surface area contributed by atoms with Crippen LogP contribution >= 0.6 is 0 Å². The van der Waals surface area contributed by atoms with Gasteiger partial charge in [0.1, 0.15) is 6.61 Å². The molecule has 1 saturated heterocycles. The summed E-state index contributed by atoms with van der Waals surface area (Å²) in [7, 11) is -0.410. The molecule has 0 bridgehead atoms. The third kappa shape index (κ3) is 8.87. The Morgan fingerprint density at radius 1 is 0.882 bits per heavy atom. The maximum absolute atomic E-state index is 14.0. The zero-order chi connectivity index (χ0) is 24.3. The van der Waals surface area contributed by atoms with Gasteiger partial charge in [0.25, 0.3) is 6.43 Å². The van der Waals surface area contributed by atoms with Crippen LogP contribution in [-0.2, 0) is 6.42 Å². The van der Waals surface area contributed by atoms with Crippen molar-refractivity contribution in [3.63, 3.8) is 0 Å². The van der Waals surface area contributed by atoms with E-state index in [2.05, 4.69) is 11.7 Å². The van der Waals surface area contributed by atoms with Gasteiger partial charge in [-0.05, 0) is 61.1 Å². The lowest BCUT2D eigenvalue weighted by Gasteiger charge is -2.37. The van der Waals surface area contributed by atoms with Gasteiger partial charge in [0.05, 0.1) is 0 Å². The molecular formula is C28H44F4OSi. The molecule has 1 heterocycles. The van der Waals surface area contributed by atoms with Gasteiger partial charge in [0.2, 0.25) is 0 Å². The third-order valence-electron chi connectivity index (χ3n) is 8.40. The fourth-order valence-electron chi connectivity index (χ4n) is 6.38. The number of halogens is 4. The minimum atomic E-state index is -2.76. The van der Waals surface area contributed by atoms with E-state index in [0.29, 0.717) is 12.0 Å². The first-order valence-corrected chi connectivity index (χ1v) is 16.3. The van der Waals surface area contributed by atoms with E-state index >= 15 is 0 Å². The predicted molar refractivity (Wildman–Crippen MR) is 135 cm³/mol. The molecule has 1 aliphatic carbocycles. The number of alkyl halides is 2. The molecule has 0 radical (unpaired) electrons. The van der Waals surface area contributed by atoms with Crippen LogP contribution in [-0.4, -0.2) is 21.8 Å². The van der Waals surface area contributed by atoms with Crippen LogP contribution in [0.2, 0.25) is 18.1 Å². The lowest BCUT2D eigenvalue weighted by atomic mass is 9.73. The largest absolute Gasteiger partial charge is 0.482 e. The van der Waals surface area contributed by atoms with E-state index < -0.39 is 39.2 Å². The molecule has 1 aromatic rings. The van der Waals surface area contributed by atoms with Gasteiger partial charge in [-0.3, -0.25) is 0 Å². The Hall–Kier alpha value is -1.04. The molecular weight excluding hydrogens is 456 g/mol. The molecule has 1 aromatic carbocycles. The Bertz CT molecular complexity index is 689. The molecule has 34 heavy (non-hydrogen) atoms. The normalized spacial score (nSPS) is 25.6. The van der Waals surface area contributed by atoms with Crippen LogP contribution in [0.3, 0.4) is 0 Å². The molecule has 0 amide bonds. The molecule has 2 aliphatic rings. The molecule has 194 valence electrons. The van der Waals surface area contributed by atoms with Crippen LogP contribution in [0, 0.1) is 29.4 Å². The van der Waals surface area contributed by atoms with Crippen molar-refractivity contribution in [2.24, 2.45) is 17.8 Å². The Balaban J connectivity index is 1.30. The Kier molecular flexibility index (Phi) is 11.7. The second-order valence-corrected chi connectivity index (χ2v) is 14.4. The van der Waals surface area contributed by atoms with Crippen molar-refractivity contribution >= 4 is 8.80 Å². The van der Waals surface area contributed by atoms with Crippen LogP contribution in [0.5, 0.6) is 5.75 Å². The van der Waals surface area contributed by atoms with Gasteiger partial charge in [-0.2, -0.15) is 0 Å². The van der Waals surface area contributed by atoms with E-state index in [-0.39, 0.29) is 0 Å². The first kappa shape index (κ1) is 27.5. The second kappa shape index (κ2) is 14.5. The Morgan fingerprint density at radius 3 is 2.15 bits per heavy atom. The van der Waals surface area contributed by atoms with Gasteiger partial charge in [0, 0.05) is 8.80 Å². The summed E-state index contributed by atoms with van der Waals surface area (Å²) in [6.07, 6.45) is 13.8. The maximum atomic E-state index is 14.0. The minimum Gasteiger partial charge on any atom is -0.482 e. The highest BCUT2D eigenvalue weighted by Gasteiger charge is 2.31. The predicted octanol–water partition coefficient (Wildman–Crippen LogP) is 8.96. The summed E-state index contributed by atoms with van der Waals surface area (Å²) in [6.45, 7) is 1.30. The Labute approximate surface area is 205 Å². The van der Waals surface area contributed by atoms with Crippen LogP contribution in [0.4, 0.5) is 17.6 Å². The SMILES string of the molecule is CCCCC[Si@H]1CC[C@H]([C@H]2CC[C@H](CCCCc3cc(F)c(OCC(F)F)c(F)c3)CC2)CC1. The molecule has 1 nitrogen and oxygen atoms in total. The number of ether oxygens (including phenoxy) is 1. The molecule has 0 spiro atoms. The summed E-state index contributed by atoms with van der Waals surface area (Å²) in [5, 5.41) is 0. The number of hydrogen-bond donors (Lipinski definition) is 0. The van der Waals surface area contributed by atoms with Crippen molar-refractivity contribution in [1.29, 1.82) is 0 Å². The van der Waals surface area contributed by atoms with Gasteiger partial charge in [-0.15, -0.1) is 0 Å². The van der Waals surface area contributed by atoms with E-state index in [0.717, 1.165) is 30.6 Å². The highest BCUT2D eigenvalue weighted by Crippen LogP contribution is 2.42. The van der Waals surface area contributed by atoms with E-state index in [1.54, 1.807) is 18.1 Å². The average molecular weight is 501 g/mol. The number of benzene rings is 1. The van der Waals surface area contributed by atoms with Crippen LogP contribution in [0.25, 0.3) is 0 Å². The standard InChI is InChI=1S/C28H44F4OSi/c1-2-3-6-15-34-16-13-24(14-17-34)23-11-9-21(10-12-23)7-4-5-8-22-18-25(29)28(26(30)19-22)33-20-27(31)32/h18-19,21,23-24,27,34H,2-17,20H2,1H3/t21-,23-,24-,34-. The van der Waals surface area contributed by atoms with Gasteiger partial charge in [0.15, 0.2) is 17.4 Å². The highest BCUT2D eigenvalue weighted by molar-refractivity contribution is 6.58. The van der Waals surface area contributed by atoms with Gasteiger partial charge in [-0.25, -0.2) is 17.6 Å². The van der Waals surface area contributed by atoms with Crippen molar-refractivity contribution in [3.8, 4) is 5.75 Å². The number of hydrogen-bond acceptors (Lipinski definition) is 1. The quantitative estimate of drug-likeness (QED) is 0.149. The molecule has 6 heteroatoms. The summed E-state index contributed by atoms with van der Waals surface area (Å²) < 4.78 is 57.1. The van der Waals surface area contributed by atoms with Crippen molar-refractivity contribution in [2.75, 3.05) is 6.61 Å². The molecule has 1 aliphatic heterocycles. The fourth-order valence-corrected chi connectivity index (χ4v) is 9.91. The summed E-state index contributed by atoms with van der Waals surface area (Å²) in [6, 6.07) is 7.21. The van der Waals surface area contributed by atoms with Crippen LogP contribution in [0.1, 0.15) is 89.5 Å². The van der Waals surface area contributed by atoms with Crippen LogP contribution in [0.15, 0.2) is 12.1 Å². The smallest absolute Gasteiger partial charge is 0.272 e. The van der Waals surface area contributed by atoms with Crippen molar-refractivity contribution in [1.82, 2.24) is 0 Å². The van der Waals surface area contributed by atoms with E-state index in [1.807, 2.05) is 0 Å². The van der Waals surface area contributed by atoms with Crippen molar-refractivity contribution < 1.29 is 22.3 Å². The number of rotatable bonds is 13. The molecule has 0 aromatic heterocycles. The topological polar surface area (TPSA) is 9.23 Å². The Morgan fingerprint density at radius 2 is 1.53 bits per heavy atom. The monoisotopic (exact) mass is 500 g/mol. The summed E-state index contributed by atoms with van der Waals surface area (Å²) in [4.78, 5) is 0. The molecule has 0 N–H and O–H groups in total. The van der Waals surface area contributed by atoms with E-state index in [9.17, 15) is 17.6 Å². The molecule has 1 saturated carbocycles.